The molecule has 0 aliphatic rings. The number of fused-ring (bicyclic) bond motifs is 1. The van der Waals surface area contributed by atoms with Crippen LogP contribution < -0.4 is 5.43 Å². The molecule has 0 fully saturated rings. The van der Waals surface area contributed by atoms with E-state index in [0.717, 1.165) is 24.3 Å². The molecule has 2 aromatic heterocycles. The molecule has 92 valence electrons. The number of nitrogens with zero attached hydrogens (tertiary/aromatic N) is 1. The van der Waals surface area contributed by atoms with Gasteiger partial charge in [0.25, 0.3) is 0 Å². The molecule has 1 aromatic carbocycles. The summed E-state index contributed by atoms with van der Waals surface area (Å²) >= 11 is 0. The Bertz CT molecular complexity index is 638. The van der Waals surface area contributed by atoms with Crippen molar-refractivity contribution >= 4 is 11.0 Å². The first-order chi connectivity index (χ1) is 8.88. The van der Waals surface area contributed by atoms with Crippen LogP contribution >= 0.6 is 0 Å². The Hall–Kier alpha value is -2.16. The Balaban J connectivity index is 1.94. The average Bonchev–Trinajstić information content (AvgIpc) is 3.03. The number of furan rings is 1. The minimum Gasteiger partial charge on any atom is -0.461 e. The Labute approximate surface area is 106 Å². The van der Waals surface area contributed by atoms with E-state index < -0.39 is 0 Å². The Kier molecular flexibility index (Phi) is 2.81. The maximum absolute atomic E-state index is 5.87. The van der Waals surface area contributed by atoms with Gasteiger partial charge < -0.3 is 9.84 Å². The molecule has 3 nitrogen and oxygen atoms in total. The van der Waals surface area contributed by atoms with E-state index in [0.29, 0.717) is 0 Å². The molecule has 2 heterocycles. The number of hydrogen-bond acceptors (Lipinski definition) is 2. The van der Waals surface area contributed by atoms with E-state index >= 15 is 0 Å². The maximum Gasteiger partial charge on any atom is 0.134 e. The molecule has 3 heteroatoms. The van der Waals surface area contributed by atoms with Crippen LogP contribution in [-0.2, 0) is 13.0 Å². The second-order valence-corrected chi connectivity index (χ2v) is 4.28. The molecule has 0 spiro atoms. The molecular weight excluding hydrogens is 224 g/mol. The summed E-state index contributed by atoms with van der Waals surface area (Å²) < 4.78 is 7.83. The largest absolute Gasteiger partial charge is 0.461 e. The zero-order chi connectivity index (χ0) is 12.4. The van der Waals surface area contributed by atoms with Crippen molar-refractivity contribution in [3.63, 3.8) is 0 Å². The first kappa shape index (κ1) is 11.0. The molecule has 0 aliphatic heterocycles. The smallest absolute Gasteiger partial charge is 0.134 e. The Morgan fingerprint density at radius 1 is 1.11 bits per heavy atom. The van der Waals surface area contributed by atoms with Crippen molar-refractivity contribution in [2.24, 2.45) is 0 Å². The molecule has 0 unspecified atom stereocenters. The third-order valence-electron chi connectivity index (χ3n) is 3.15. The van der Waals surface area contributed by atoms with Gasteiger partial charge in [-0.25, -0.2) is 0 Å². The average molecular weight is 240 g/mol. The van der Waals surface area contributed by atoms with Gasteiger partial charge in [0.15, 0.2) is 0 Å². The van der Waals surface area contributed by atoms with Crippen LogP contribution in [0.2, 0.25) is 0 Å². The van der Waals surface area contributed by atoms with Gasteiger partial charge in [0, 0.05) is 29.8 Å². The molecule has 0 atom stereocenters. The number of rotatable bonds is 4. The molecule has 0 amide bonds. The van der Waals surface area contributed by atoms with Crippen molar-refractivity contribution in [1.82, 2.24) is 4.68 Å². The summed E-state index contributed by atoms with van der Waals surface area (Å²) in [6, 6.07) is 12.2. The minimum absolute atomic E-state index is 0.773. The number of para-hydroxylation sites is 1. The van der Waals surface area contributed by atoms with Gasteiger partial charge >= 0.3 is 0 Å². The molecule has 0 saturated carbocycles. The normalized spacial score (nSPS) is 10.9. The molecule has 3 rings (SSSR count). The predicted molar refractivity (Wildman–Crippen MR) is 73.1 cm³/mol. The fourth-order valence-electron chi connectivity index (χ4n) is 2.24. The Morgan fingerprint density at radius 2 is 1.89 bits per heavy atom. The van der Waals surface area contributed by atoms with Crippen LogP contribution in [0.1, 0.15) is 18.2 Å². The van der Waals surface area contributed by atoms with Crippen LogP contribution in [0.3, 0.4) is 0 Å². The van der Waals surface area contributed by atoms with Gasteiger partial charge in [0.05, 0.1) is 6.54 Å². The van der Waals surface area contributed by atoms with E-state index in [9.17, 15) is 0 Å². The van der Waals surface area contributed by atoms with E-state index in [2.05, 4.69) is 24.5 Å². The van der Waals surface area contributed by atoms with Gasteiger partial charge in [-0.2, -0.15) is 0 Å². The SMILES string of the molecule is CCc1oc2ccccc2c1CNn1cccc1. The van der Waals surface area contributed by atoms with Crippen molar-refractivity contribution in [3.8, 4) is 0 Å². The van der Waals surface area contributed by atoms with Gasteiger partial charge in [0.1, 0.15) is 11.3 Å². The zero-order valence-electron chi connectivity index (χ0n) is 10.4. The summed E-state index contributed by atoms with van der Waals surface area (Å²) in [5.74, 6) is 1.07. The molecule has 0 aliphatic carbocycles. The molecule has 1 N–H and O–H groups in total. The lowest BCUT2D eigenvalue weighted by atomic mass is 10.1. The van der Waals surface area contributed by atoms with Gasteiger partial charge in [-0.15, -0.1) is 0 Å². The third kappa shape index (κ3) is 1.88. The summed E-state index contributed by atoms with van der Waals surface area (Å²) in [6.07, 6.45) is 4.90. The summed E-state index contributed by atoms with van der Waals surface area (Å²) in [5.41, 5.74) is 5.57. The minimum atomic E-state index is 0.773. The van der Waals surface area contributed by atoms with Crippen LogP contribution in [0.5, 0.6) is 0 Å². The highest BCUT2D eigenvalue weighted by molar-refractivity contribution is 5.82. The molecule has 0 radical (unpaired) electrons. The van der Waals surface area contributed by atoms with E-state index in [1.165, 1.54) is 10.9 Å². The van der Waals surface area contributed by atoms with Gasteiger partial charge in [0.2, 0.25) is 0 Å². The lowest BCUT2D eigenvalue weighted by Crippen LogP contribution is -2.12. The van der Waals surface area contributed by atoms with E-state index in [4.69, 9.17) is 4.42 Å². The predicted octanol–water partition coefficient (Wildman–Crippen LogP) is 3.54. The number of aromatic nitrogens is 1. The fraction of sp³-hybridized carbons (Fsp3) is 0.200. The monoisotopic (exact) mass is 240 g/mol. The maximum atomic E-state index is 5.87. The standard InChI is InChI=1S/C15H16N2O/c1-2-14-13(11-16-17-9-5-6-10-17)12-7-3-4-8-15(12)18-14/h3-10,16H,2,11H2,1H3. The zero-order valence-corrected chi connectivity index (χ0v) is 10.4. The summed E-state index contributed by atoms with van der Waals surface area (Å²) in [4.78, 5) is 0. The van der Waals surface area contributed by atoms with Gasteiger partial charge in [-0.1, -0.05) is 25.1 Å². The number of hydrogen-bond donors (Lipinski definition) is 1. The van der Waals surface area contributed by atoms with Crippen molar-refractivity contribution in [2.75, 3.05) is 5.43 Å². The molecule has 0 bridgehead atoms. The fourth-order valence-corrected chi connectivity index (χ4v) is 2.24. The summed E-state index contributed by atoms with van der Waals surface area (Å²) in [5, 5.41) is 1.20. The molecular formula is C15H16N2O. The van der Waals surface area contributed by atoms with E-state index in [1.807, 2.05) is 41.3 Å². The number of aryl methyl sites for hydroxylation is 1. The molecule has 18 heavy (non-hydrogen) atoms. The van der Waals surface area contributed by atoms with Crippen LogP contribution in [0.4, 0.5) is 0 Å². The first-order valence-electron chi connectivity index (χ1n) is 6.24. The van der Waals surface area contributed by atoms with Crippen molar-refractivity contribution < 1.29 is 4.42 Å². The second kappa shape index (κ2) is 4.61. The van der Waals surface area contributed by atoms with Crippen molar-refractivity contribution in [1.29, 1.82) is 0 Å². The van der Waals surface area contributed by atoms with Crippen molar-refractivity contribution in [3.05, 3.63) is 60.1 Å². The Morgan fingerprint density at radius 3 is 2.67 bits per heavy atom. The van der Waals surface area contributed by atoms with Crippen LogP contribution in [0.25, 0.3) is 11.0 Å². The molecule has 0 saturated heterocycles. The quantitative estimate of drug-likeness (QED) is 0.756. The van der Waals surface area contributed by atoms with Crippen LogP contribution in [0.15, 0.2) is 53.2 Å². The lowest BCUT2D eigenvalue weighted by molar-refractivity contribution is 0.550. The summed E-state index contributed by atoms with van der Waals surface area (Å²) in [6.45, 7) is 2.89. The topological polar surface area (TPSA) is 30.1 Å². The van der Waals surface area contributed by atoms with Crippen LogP contribution in [0, 0.1) is 0 Å². The lowest BCUT2D eigenvalue weighted by Gasteiger charge is -2.07. The second-order valence-electron chi connectivity index (χ2n) is 4.28. The summed E-state index contributed by atoms with van der Waals surface area (Å²) in [7, 11) is 0. The van der Waals surface area contributed by atoms with E-state index in [-0.39, 0.29) is 0 Å². The van der Waals surface area contributed by atoms with Crippen LogP contribution in [-0.4, -0.2) is 4.68 Å². The van der Waals surface area contributed by atoms with Crippen molar-refractivity contribution in [2.45, 2.75) is 19.9 Å². The highest BCUT2D eigenvalue weighted by atomic mass is 16.3. The highest BCUT2D eigenvalue weighted by Crippen LogP contribution is 2.26. The van der Waals surface area contributed by atoms with Gasteiger partial charge in [-0.05, 0) is 18.2 Å². The first-order valence-corrected chi connectivity index (χ1v) is 6.24. The molecule has 3 aromatic rings. The highest BCUT2D eigenvalue weighted by Gasteiger charge is 2.11. The van der Waals surface area contributed by atoms with Gasteiger partial charge in [-0.3, -0.25) is 4.68 Å². The third-order valence-corrected chi connectivity index (χ3v) is 3.15. The number of nitrogens with one attached hydrogen (secondary N) is 1. The van der Waals surface area contributed by atoms with E-state index in [1.54, 1.807) is 0 Å². The number of benzene rings is 1.